The molecule has 0 aliphatic heterocycles. The van der Waals surface area contributed by atoms with Gasteiger partial charge in [-0.1, -0.05) is 25.3 Å². The summed E-state index contributed by atoms with van der Waals surface area (Å²) in [7, 11) is -1.09. The summed E-state index contributed by atoms with van der Waals surface area (Å²) in [5, 5.41) is 0. The predicted octanol–water partition coefficient (Wildman–Crippen LogP) is 0.276. The second kappa shape index (κ2) is 10.6. The van der Waals surface area contributed by atoms with Crippen LogP contribution in [0.1, 0.15) is 11.6 Å². The molecule has 25 heavy (non-hydrogen) atoms. The maximum Gasteiger partial charge on any atom is 0.253 e. The maximum atomic E-state index is 8.52. The van der Waals surface area contributed by atoms with Crippen LogP contribution in [0.2, 0.25) is 0 Å². The minimum Gasteiger partial charge on any atom is -0.759 e. The van der Waals surface area contributed by atoms with Crippen molar-refractivity contribution in [3.63, 3.8) is 0 Å². The Hall–Kier alpha value is -2.23. The number of aryl methyl sites for hydroxylation is 2. The molecular formula is C16H26N4O4S. The van der Waals surface area contributed by atoms with Gasteiger partial charge in [0.15, 0.2) is 0 Å². The molecule has 0 fully saturated rings. The van der Waals surface area contributed by atoms with Gasteiger partial charge in [-0.25, -0.2) is 18.3 Å². The zero-order valence-corrected chi connectivity index (χ0v) is 15.9. The van der Waals surface area contributed by atoms with Crippen LogP contribution >= 0.6 is 0 Å². The van der Waals surface area contributed by atoms with Gasteiger partial charge in [-0.15, -0.1) is 0 Å². The van der Waals surface area contributed by atoms with E-state index in [1.807, 2.05) is 38.6 Å². The van der Waals surface area contributed by atoms with Gasteiger partial charge in [-0.05, 0) is 0 Å². The quantitative estimate of drug-likeness (QED) is 0.334. The molecule has 0 atom stereocenters. The maximum absolute atomic E-state index is 8.52. The molecule has 2 rings (SSSR count). The smallest absolute Gasteiger partial charge is 0.253 e. The van der Waals surface area contributed by atoms with E-state index < -0.39 is 10.4 Å². The topological polar surface area (TPSA) is 97.9 Å². The van der Waals surface area contributed by atoms with E-state index >= 15 is 0 Å². The summed E-state index contributed by atoms with van der Waals surface area (Å²) in [5.41, 5.74) is 0. The van der Waals surface area contributed by atoms with Gasteiger partial charge in [0.05, 0.1) is 14.1 Å². The number of allylic oxidation sites excluding steroid dienone is 2. The first-order valence-corrected chi connectivity index (χ1v) is 8.75. The molecule has 0 aliphatic carbocycles. The average molecular weight is 370 g/mol. The third kappa shape index (κ3) is 9.60. The fourth-order valence-electron chi connectivity index (χ4n) is 1.86. The highest BCUT2D eigenvalue weighted by atomic mass is 32.3. The van der Waals surface area contributed by atoms with Crippen LogP contribution < -0.4 is 9.13 Å². The number of hydrogen-bond acceptors (Lipinski definition) is 4. The Morgan fingerprint density at radius 1 is 0.960 bits per heavy atom. The second-order valence-corrected chi connectivity index (χ2v) is 6.02. The van der Waals surface area contributed by atoms with E-state index in [4.69, 9.17) is 17.5 Å². The minimum absolute atomic E-state index is 0.896. The van der Waals surface area contributed by atoms with Crippen LogP contribution in [0.4, 0.5) is 0 Å². The van der Waals surface area contributed by atoms with Crippen molar-refractivity contribution in [3.8, 4) is 0 Å². The monoisotopic (exact) mass is 370 g/mol. The van der Waals surface area contributed by atoms with Crippen molar-refractivity contribution >= 4 is 10.4 Å². The van der Waals surface area contributed by atoms with E-state index in [2.05, 4.69) is 57.7 Å². The Kier molecular flexibility index (Phi) is 9.65. The van der Waals surface area contributed by atoms with E-state index in [0.29, 0.717) is 0 Å². The lowest BCUT2D eigenvalue weighted by Crippen LogP contribution is -2.29. The van der Waals surface area contributed by atoms with E-state index in [0.717, 1.165) is 13.1 Å². The van der Waals surface area contributed by atoms with Crippen molar-refractivity contribution < 1.29 is 26.7 Å². The summed E-state index contributed by atoms with van der Waals surface area (Å²) in [5.74, 6) is 2.50. The molecule has 9 heteroatoms. The number of aromatic nitrogens is 4. The molecule has 2 aromatic rings. The molecule has 0 bridgehead atoms. The Labute approximate surface area is 149 Å². The fraction of sp³-hybridized carbons (Fsp3) is 0.375. The molecule has 140 valence electrons. The lowest BCUT2D eigenvalue weighted by Gasteiger charge is -2.06. The van der Waals surface area contributed by atoms with Crippen molar-refractivity contribution in [3.05, 3.63) is 61.7 Å². The van der Waals surface area contributed by atoms with Gasteiger partial charge in [0, 0.05) is 24.2 Å². The van der Waals surface area contributed by atoms with Crippen LogP contribution in [-0.4, -0.2) is 26.7 Å². The fourth-order valence-corrected chi connectivity index (χ4v) is 1.86. The number of imidazole rings is 2. The van der Waals surface area contributed by atoms with Crippen molar-refractivity contribution in [1.29, 1.82) is 0 Å². The van der Waals surface area contributed by atoms with Gasteiger partial charge in [-0.3, -0.25) is 8.42 Å². The molecule has 0 N–H and O–H groups in total. The molecule has 2 aromatic heterocycles. The van der Waals surface area contributed by atoms with Gasteiger partial charge < -0.3 is 9.11 Å². The van der Waals surface area contributed by atoms with Gasteiger partial charge >= 0.3 is 0 Å². The van der Waals surface area contributed by atoms with Crippen LogP contribution in [-0.2, 0) is 37.6 Å². The molecule has 0 unspecified atom stereocenters. The van der Waals surface area contributed by atoms with E-state index in [1.165, 1.54) is 11.6 Å². The largest absolute Gasteiger partial charge is 0.759 e. The highest BCUT2D eigenvalue weighted by Gasteiger charge is 2.05. The van der Waals surface area contributed by atoms with Gasteiger partial charge in [0.1, 0.15) is 37.9 Å². The molecule has 0 radical (unpaired) electrons. The van der Waals surface area contributed by atoms with Crippen molar-refractivity contribution in [2.24, 2.45) is 14.1 Å². The van der Waals surface area contributed by atoms with Gasteiger partial charge in [-0.2, -0.15) is 0 Å². The summed E-state index contributed by atoms with van der Waals surface area (Å²) in [6.45, 7) is 13.3. The molecular weight excluding hydrogens is 344 g/mol. The number of rotatable bonds is 4. The zero-order chi connectivity index (χ0) is 19.6. The Balaban J connectivity index is 0.000000368. The molecule has 0 spiro atoms. The summed E-state index contributed by atoms with van der Waals surface area (Å²) < 4.78 is 42.5. The normalized spacial score (nSPS) is 10.2. The predicted molar refractivity (Wildman–Crippen MR) is 91.6 cm³/mol. The van der Waals surface area contributed by atoms with Crippen LogP contribution in [0, 0.1) is 13.8 Å². The highest BCUT2D eigenvalue weighted by Crippen LogP contribution is 1.92. The average Bonchev–Trinajstić information content (AvgIpc) is 2.98. The van der Waals surface area contributed by atoms with Crippen molar-refractivity contribution in [2.75, 3.05) is 0 Å². The minimum atomic E-state index is -5.17. The molecule has 2 heterocycles. The molecule has 0 saturated carbocycles. The van der Waals surface area contributed by atoms with Gasteiger partial charge in [0.2, 0.25) is 0 Å². The van der Waals surface area contributed by atoms with Crippen LogP contribution in [0.3, 0.4) is 0 Å². The first-order chi connectivity index (χ1) is 11.5. The van der Waals surface area contributed by atoms with E-state index in [-0.39, 0.29) is 0 Å². The Bertz CT molecular complexity index is 731. The molecule has 8 nitrogen and oxygen atoms in total. The first kappa shape index (κ1) is 22.8. The number of nitrogens with zero attached hydrogens (tertiary/aromatic N) is 4. The first-order valence-electron chi connectivity index (χ1n) is 7.42. The van der Waals surface area contributed by atoms with Crippen LogP contribution in [0.25, 0.3) is 0 Å². The SMILES string of the molecule is C=CCn1cc[n+](C)c1C.C=CCn1cc[n+](C)c1C.O=S(=O)([O-])[O-]. The molecule has 0 amide bonds. The Morgan fingerprint density at radius 2 is 1.24 bits per heavy atom. The third-order valence-corrected chi connectivity index (χ3v) is 3.44. The second-order valence-electron chi connectivity index (χ2n) is 5.20. The lowest BCUT2D eigenvalue weighted by molar-refractivity contribution is -0.677. The number of hydrogen-bond donors (Lipinski definition) is 0. The van der Waals surface area contributed by atoms with Gasteiger partial charge in [0.25, 0.3) is 11.6 Å². The molecule has 0 saturated heterocycles. The highest BCUT2D eigenvalue weighted by molar-refractivity contribution is 7.79. The van der Waals surface area contributed by atoms with Crippen molar-refractivity contribution in [2.45, 2.75) is 26.9 Å². The van der Waals surface area contributed by atoms with E-state index in [9.17, 15) is 0 Å². The summed E-state index contributed by atoms with van der Waals surface area (Å²) in [4.78, 5) is 0. The van der Waals surface area contributed by atoms with Crippen LogP contribution in [0.15, 0.2) is 50.1 Å². The van der Waals surface area contributed by atoms with E-state index in [1.54, 1.807) is 0 Å². The Morgan fingerprint density at radius 3 is 1.40 bits per heavy atom. The van der Waals surface area contributed by atoms with Crippen LogP contribution in [0.5, 0.6) is 0 Å². The summed E-state index contributed by atoms with van der Waals surface area (Å²) >= 11 is 0. The molecule has 0 aliphatic rings. The summed E-state index contributed by atoms with van der Waals surface area (Å²) in [6, 6.07) is 0. The molecule has 0 aromatic carbocycles. The standard InChI is InChI=1S/2C8H13N2.H2O4S/c2*1-4-5-10-7-6-9(3)8(10)2;1-5(2,3)4/h2*4,6-7H,1,5H2,2-3H3;(H2,1,2,3,4)/q2*+1;/p-2. The zero-order valence-electron chi connectivity index (χ0n) is 15.1. The lowest BCUT2D eigenvalue weighted by atomic mass is 10.5. The third-order valence-electron chi connectivity index (χ3n) is 3.44. The summed E-state index contributed by atoms with van der Waals surface area (Å²) in [6.07, 6.45) is 12.0. The van der Waals surface area contributed by atoms with Crippen molar-refractivity contribution in [1.82, 2.24) is 9.13 Å².